The number of aliphatic hydroxyl groups is 1. The minimum Gasteiger partial charge on any atom is -0.461 e. The highest BCUT2D eigenvalue weighted by molar-refractivity contribution is 5.78. The lowest BCUT2D eigenvalue weighted by Crippen LogP contribution is -2.62. The molecule has 8 unspecified atom stereocenters. The molecule has 5 nitrogen and oxygen atoms in total. The van der Waals surface area contributed by atoms with Gasteiger partial charge in [0.15, 0.2) is 5.60 Å². The Kier molecular flexibility index (Phi) is 3.20. The van der Waals surface area contributed by atoms with Crippen LogP contribution in [-0.4, -0.2) is 65.7 Å². The van der Waals surface area contributed by atoms with Crippen molar-refractivity contribution in [1.82, 2.24) is 0 Å². The largest absolute Gasteiger partial charge is 0.461 e. The Morgan fingerprint density at radius 2 is 2.16 bits per heavy atom. The standard InChI is InChI=1S/C20H26NO4/c1-3-21(2)15-9-13(10-16(21)20-17(15)18(20)25-20)24-19(23)14(11-22)12-7-5-4-6-8-12/h4-8,13-18,22H,3,9-11H2,1-2H3/q+1. The van der Waals surface area contributed by atoms with Crippen LogP contribution in [0.15, 0.2) is 30.3 Å². The third kappa shape index (κ3) is 1.92. The molecule has 0 radical (unpaired) electrons. The second-order valence-electron chi connectivity index (χ2n) is 8.34. The first-order chi connectivity index (χ1) is 12.1. The zero-order valence-corrected chi connectivity index (χ0v) is 14.8. The van der Waals surface area contributed by atoms with Crippen LogP contribution >= 0.6 is 0 Å². The van der Waals surface area contributed by atoms with Crippen molar-refractivity contribution in [3.8, 4) is 0 Å². The Labute approximate surface area is 148 Å². The van der Waals surface area contributed by atoms with E-state index in [4.69, 9.17) is 9.47 Å². The summed E-state index contributed by atoms with van der Waals surface area (Å²) >= 11 is 0. The van der Waals surface area contributed by atoms with Crippen molar-refractivity contribution >= 4 is 5.97 Å². The monoisotopic (exact) mass is 344 g/mol. The van der Waals surface area contributed by atoms with Crippen molar-refractivity contribution in [2.24, 2.45) is 5.92 Å². The molecule has 1 aromatic carbocycles. The molecule has 0 aromatic heterocycles. The fourth-order valence-corrected chi connectivity index (χ4v) is 5.92. The maximum Gasteiger partial charge on any atom is 0.316 e. The smallest absolute Gasteiger partial charge is 0.316 e. The Morgan fingerprint density at radius 3 is 2.76 bits per heavy atom. The lowest BCUT2D eigenvalue weighted by molar-refractivity contribution is -0.952. The summed E-state index contributed by atoms with van der Waals surface area (Å²) in [5, 5.41) is 9.69. The topological polar surface area (TPSA) is 59.1 Å². The summed E-state index contributed by atoms with van der Waals surface area (Å²) in [4.78, 5) is 12.7. The van der Waals surface area contributed by atoms with Crippen molar-refractivity contribution in [2.75, 3.05) is 20.2 Å². The summed E-state index contributed by atoms with van der Waals surface area (Å²) < 4.78 is 12.9. The van der Waals surface area contributed by atoms with Gasteiger partial charge in [-0.05, 0) is 12.5 Å². The number of epoxide rings is 1. The minimum atomic E-state index is -0.592. The van der Waals surface area contributed by atoms with Gasteiger partial charge in [0.25, 0.3) is 0 Å². The highest BCUT2D eigenvalue weighted by Crippen LogP contribution is 2.78. The van der Waals surface area contributed by atoms with E-state index in [9.17, 15) is 9.90 Å². The number of ether oxygens (including phenoxy) is 2. The van der Waals surface area contributed by atoms with Gasteiger partial charge in [-0.15, -0.1) is 0 Å². The van der Waals surface area contributed by atoms with Gasteiger partial charge < -0.3 is 19.1 Å². The van der Waals surface area contributed by atoms with Crippen molar-refractivity contribution in [1.29, 1.82) is 0 Å². The van der Waals surface area contributed by atoms with Gasteiger partial charge in [-0.25, -0.2) is 0 Å². The number of carbonyl (C=O) groups is 1. The van der Waals surface area contributed by atoms with Crippen LogP contribution in [-0.2, 0) is 14.3 Å². The van der Waals surface area contributed by atoms with Crippen LogP contribution in [0.2, 0.25) is 0 Å². The summed E-state index contributed by atoms with van der Waals surface area (Å²) in [5.41, 5.74) is 0.932. The fraction of sp³-hybridized carbons (Fsp3) is 0.650. The van der Waals surface area contributed by atoms with Gasteiger partial charge in [0.2, 0.25) is 0 Å². The number of quaternary nitrogens is 1. The average molecular weight is 344 g/mol. The van der Waals surface area contributed by atoms with E-state index in [2.05, 4.69) is 14.0 Å². The molecule has 3 heterocycles. The number of benzene rings is 1. The number of hydrogen-bond donors (Lipinski definition) is 1. The van der Waals surface area contributed by atoms with Gasteiger partial charge in [0.1, 0.15) is 30.2 Å². The summed E-state index contributed by atoms with van der Waals surface area (Å²) in [6.07, 6.45) is 2.25. The zero-order valence-electron chi connectivity index (χ0n) is 14.8. The molecule has 2 bridgehead atoms. The van der Waals surface area contributed by atoms with Crippen molar-refractivity contribution in [2.45, 2.75) is 55.6 Å². The molecule has 3 aliphatic heterocycles. The number of esters is 1. The molecule has 1 aromatic rings. The zero-order chi connectivity index (χ0) is 17.4. The van der Waals surface area contributed by atoms with Crippen LogP contribution in [0, 0.1) is 5.92 Å². The van der Waals surface area contributed by atoms with Gasteiger partial charge >= 0.3 is 5.97 Å². The first kappa shape index (κ1) is 15.8. The molecule has 5 heteroatoms. The van der Waals surface area contributed by atoms with Crippen LogP contribution in [0.25, 0.3) is 0 Å². The molecule has 1 aliphatic carbocycles. The molecule has 1 saturated carbocycles. The lowest BCUT2D eigenvalue weighted by Gasteiger charge is -2.47. The van der Waals surface area contributed by atoms with E-state index in [0.29, 0.717) is 24.1 Å². The minimum absolute atomic E-state index is 0.0509. The van der Waals surface area contributed by atoms with E-state index in [-0.39, 0.29) is 24.3 Å². The second kappa shape index (κ2) is 5.06. The number of carbonyl (C=O) groups excluding carboxylic acids is 1. The molecular weight excluding hydrogens is 318 g/mol. The quantitative estimate of drug-likeness (QED) is 0.499. The molecule has 0 amide bonds. The van der Waals surface area contributed by atoms with E-state index < -0.39 is 5.92 Å². The van der Waals surface area contributed by atoms with E-state index in [1.54, 1.807) is 0 Å². The fourth-order valence-electron chi connectivity index (χ4n) is 5.92. The first-order valence-corrected chi connectivity index (χ1v) is 9.45. The summed E-state index contributed by atoms with van der Waals surface area (Å²) in [6, 6.07) is 10.4. The number of fused-ring (bicyclic) bond motifs is 4. The SMILES string of the molecule is CC[N+]1(C)C2CC(OC(=O)C(CO)c3ccccc3)CC1C13OC1C23. The Hall–Kier alpha value is -1.43. The maximum absolute atomic E-state index is 12.7. The Morgan fingerprint density at radius 1 is 1.40 bits per heavy atom. The normalized spacial score (nSPS) is 46.8. The highest BCUT2D eigenvalue weighted by Gasteiger charge is 2.97. The van der Waals surface area contributed by atoms with Crippen LogP contribution in [0.1, 0.15) is 31.2 Å². The van der Waals surface area contributed by atoms with E-state index >= 15 is 0 Å². The first-order valence-electron chi connectivity index (χ1n) is 9.45. The van der Waals surface area contributed by atoms with E-state index in [1.165, 1.54) is 0 Å². The molecule has 4 fully saturated rings. The van der Waals surface area contributed by atoms with Crippen LogP contribution in [0.4, 0.5) is 0 Å². The molecule has 134 valence electrons. The van der Waals surface area contributed by atoms with Gasteiger partial charge in [-0.2, -0.15) is 0 Å². The van der Waals surface area contributed by atoms with Crippen LogP contribution < -0.4 is 0 Å². The van der Waals surface area contributed by atoms with E-state index in [0.717, 1.165) is 29.4 Å². The van der Waals surface area contributed by atoms with Crippen molar-refractivity contribution in [3.63, 3.8) is 0 Å². The molecule has 8 atom stereocenters. The van der Waals surface area contributed by atoms with Crippen molar-refractivity contribution < 1.29 is 23.9 Å². The molecule has 5 rings (SSSR count). The van der Waals surface area contributed by atoms with Crippen LogP contribution in [0.5, 0.6) is 0 Å². The van der Waals surface area contributed by atoms with Crippen molar-refractivity contribution in [3.05, 3.63) is 35.9 Å². The Balaban J connectivity index is 1.31. The summed E-state index contributed by atoms with van der Waals surface area (Å²) in [7, 11) is 2.34. The van der Waals surface area contributed by atoms with E-state index in [1.807, 2.05) is 30.3 Å². The number of piperidine rings is 2. The average Bonchev–Trinajstić information content (AvgIpc) is 3.47. The van der Waals surface area contributed by atoms with Gasteiger partial charge in [-0.1, -0.05) is 30.3 Å². The summed E-state index contributed by atoms with van der Waals surface area (Å²) in [6.45, 7) is 3.14. The number of likely N-dealkylation sites (N-methyl/N-ethyl adjacent to an activating group) is 1. The number of nitrogens with zero attached hydrogens (tertiary/aromatic N) is 1. The highest BCUT2D eigenvalue weighted by atomic mass is 16.7. The number of aliphatic hydroxyl groups excluding tert-OH is 1. The molecule has 3 saturated heterocycles. The predicted molar refractivity (Wildman–Crippen MR) is 90.8 cm³/mol. The number of rotatable bonds is 5. The molecule has 1 spiro atoms. The molecular formula is C20H26NO4+. The second-order valence-corrected chi connectivity index (χ2v) is 8.34. The van der Waals surface area contributed by atoms with Gasteiger partial charge in [0.05, 0.1) is 26.1 Å². The van der Waals surface area contributed by atoms with Gasteiger partial charge in [-0.3, -0.25) is 4.79 Å². The summed E-state index contributed by atoms with van der Waals surface area (Å²) in [5.74, 6) is -0.218. The molecule has 4 aliphatic rings. The molecule has 1 N–H and O–H groups in total. The third-order valence-corrected chi connectivity index (χ3v) is 7.49. The maximum atomic E-state index is 12.7. The molecule has 25 heavy (non-hydrogen) atoms. The third-order valence-electron chi connectivity index (χ3n) is 7.49. The number of hydrogen-bond acceptors (Lipinski definition) is 4. The van der Waals surface area contributed by atoms with Crippen LogP contribution in [0.3, 0.4) is 0 Å². The van der Waals surface area contributed by atoms with Gasteiger partial charge in [0, 0.05) is 12.8 Å². The predicted octanol–water partition coefficient (Wildman–Crippen LogP) is 1.45. The lowest BCUT2D eigenvalue weighted by atomic mass is 9.92. The Bertz CT molecular complexity index is 709.